The minimum atomic E-state index is -0.566. The van der Waals surface area contributed by atoms with Crippen LogP contribution in [0.25, 0.3) is 10.9 Å². The van der Waals surface area contributed by atoms with Crippen molar-refractivity contribution < 1.29 is 14.9 Å². The summed E-state index contributed by atoms with van der Waals surface area (Å²) in [5.41, 5.74) is 1.03. The quantitative estimate of drug-likeness (QED) is 0.729. The third-order valence-corrected chi connectivity index (χ3v) is 4.96. The van der Waals surface area contributed by atoms with Gasteiger partial charge in [0.1, 0.15) is 18.5 Å². The van der Waals surface area contributed by atoms with Gasteiger partial charge < -0.3 is 19.9 Å². The molecule has 24 heavy (non-hydrogen) atoms. The summed E-state index contributed by atoms with van der Waals surface area (Å²) in [6.45, 7) is 3.75. The third kappa shape index (κ3) is 3.91. The summed E-state index contributed by atoms with van der Waals surface area (Å²) in [5, 5.41) is 21.6. The zero-order valence-corrected chi connectivity index (χ0v) is 14.3. The SMILES string of the molecule is CC[C@H](O)[C@@H]1CCCCN1C[C@H](O)COc1cccc2[nH]ccc12. The molecular formula is C19H28N2O3. The first-order chi connectivity index (χ1) is 11.7. The largest absolute Gasteiger partial charge is 0.490 e. The third-order valence-electron chi connectivity index (χ3n) is 4.96. The van der Waals surface area contributed by atoms with Crippen molar-refractivity contribution in [3.05, 3.63) is 30.5 Å². The second-order valence-electron chi connectivity index (χ2n) is 6.69. The van der Waals surface area contributed by atoms with Gasteiger partial charge in [0.05, 0.1) is 6.10 Å². The van der Waals surface area contributed by atoms with Crippen LogP contribution < -0.4 is 4.74 Å². The number of nitrogens with one attached hydrogen (secondary N) is 1. The Bertz CT molecular complexity index is 642. The van der Waals surface area contributed by atoms with E-state index >= 15 is 0 Å². The average Bonchev–Trinajstić information content (AvgIpc) is 3.09. The Morgan fingerprint density at radius 2 is 2.17 bits per heavy atom. The standard InChI is InChI=1S/C19H28N2O3/c1-2-18(23)17-7-3-4-11-21(17)12-14(22)13-24-19-8-5-6-16-15(19)9-10-20-16/h5-6,8-10,14,17-18,20,22-23H,2-4,7,11-13H2,1H3/t14-,17-,18-/m0/s1. The normalized spacial score (nSPS) is 21.7. The van der Waals surface area contributed by atoms with Gasteiger partial charge in [0.25, 0.3) is 0 Å². The Balaban J connectivity index is 1.56. The van der Waals surface area contributed by atoms with Crippen LogP contribution in [0.1, 0.15) is 32.6 Å². The Kier molecular flexibility index (Phi) is 5.76. The second kappa shape index (κ2) is 8.01. The molecule has 2 aromatic rings. The predicted molar refractivity (Wildman–Crippen MR) is 95.3 cm³/mol. The highest BCUT2D eigenvalue weighted by molar-refractivity contribution is 5.85. The lowest BCUT2D eigenvalue weighted by Crippen LogP contribution is -2.50. The summed E-state index contributed by atoms with van der Waals surface area (Å²) in [5.74, 6) is 0.789. The topological polar surface area (TPSA) is 68.7 Å². The first-order valence-electron chi connectivity index (χ1n) is 8.98. The number of H-pyrrole nitrogens is 1. The van der Waals surface area contributed by atoms with Gasteiger partial charge in [-0.1, -0.05) is 19.4 Å². The first-order valence-corrected chi connectivity index (χ1v) is 8.98. The van der Waals surface area contributed by atoms with Crippen LogP contribution in [0, 0.1) is 0 Å². The molecule has 0 bridgehead atoms. The minimum Gasteiger partial charge on any atom is -0.490 e. The summed E-state index contributed by atoms with van der Waals surface area (Å²) in [6.07, 6.45) is 5.05. The maximum atomic E-state index is 10.4. The van der Waals surface area contributed by atoms with Gasteiger partial charge in [-0.05, 0) is 44.0 Å². The van der Waals surface area contributed by atoms with Crippen LogP contribution in [0.4, 0.5) is 0 Å². The fourth-order valence-electron chi connectivity index (χ4n) is 3.64. The van der Waals surface area contributed by atoms with E-state index in [0.717, 1.165) is 48.9 Å². The Morgan fingerprint density at radius 3 is 3.00 bits per heavy atom. The highest BCUT2D eigenvalue weighted by Crippen LogP contribution is 2.25. The molecular weight excluding hydrogens is 304 g/mol. The second-order valence-corrected chi connectivity index (χ2v) is 6.69. The number of rotatable bonds is 7. The molecule has 132 valence electrons. The summed E-state index contributed by atoms with van der Waals surface area (Å²) >= 11 is 0. The van der Waals surface area contributed by atoms with Crippen molar-refractivity contribution in [1.29, 1.82) is 0 Å². The van der Waals surface area contributed by atoms with Gasteiger partial charge in [-0.25, -0.2) is 0 Å². The Hall–Kier alpha value is -1.56. The number of benzene rings is 1. The van der Waals surface area contributed by atoms with Gasteiger partial charge in [0.15, 0.2) is 0 Å². The Labute approximate surface area is 143 Å². The van der Waals surface area contributed by atoms with Gasteiger partial charge in [-0.3, -0.25) is 4.90 Å². The fraction of sp³-hybridized carbons (Fsp3) is 0.579. The molecule has 0 unspecified atom stereocenters. The van der Waals surface area contributed by atoms with Crippen molar-refractivity contribution in [2.75, 3.05) is 19.7 Å². The lowest BCUT2D eigenvalue weighted by molar-refractivity contribution is -0.00988. The summed E-state index contributed by atoms with van der Waals surface area (Å²) in [4.78, 5) is 5.38. The number of aliphatic hydroxyl groups is 2. The molecule has 0 spiro atoms. The van der Waals surface area contributed by atoms with Crippen LogP contribution in [-0.4, -0.2) is 58.0 Å². The number of hydrogen-bond acceptors (Lipinski definition) is 4. The molecule has 1 saturated heterocycles. The molecule has 1 aromatic heterocycles. The minimum absolute atomic E-state index is 0.159. The summed E-state index contributed by atoms with van der Waals surface area (Å²) in [6, 6.07) is 8.01. The molecule has 0 saturated carbocycles. The first kappa shape index (κ1) is 17.3. The predicted octanol–water partition coefficient (Wildman–Crippen LogP) is 2.53. The van der Waals surface area contributed by atoms with Crippen LogP contribution in [0.2, 0.25) is 0 Å². The number of aliphatic hydroxyl groups excluding tert-OH is 2. The zero-order chi connectivity index (χ0) is 16.9. The highest BCUT2D eigenvalue weighted by atomic mass is 16.5. The number of hydrogen-bond donors (Lipinski definition) is 3. The molecule has 0 radical (unpaired) electrons. The molecule has 1 aliphatic heterocycles. The van der Waals surface area contributed by atoms with E-state index in [-0.39, 0.29) is 18.8 Å². The molecule has 1 aliphatic rings. The van der Waals surface area contributed by atoms with Crippen molar-refractivity contribution >= 4 is 10.9 Å². The monoisotopic (exact) mass is 332 g/mol. The molecule has 2 heterocycles. The fourth-order valence-corrected chi connectivity index (χ4v) is 3.64. The zero-order valence-electron chi connectivity index (χ0n) is 14.3. The van der Waals surface area contributed by atoms with E-state index in [1.807, 2.05) is 37.4 Å². The van der Waals surface area contributed by atoms with E-state index in [1.165, 1.54) is 0 Å². The van der Waals surface area contributed by atoms with Crippen LogP contribution >= 0.6 is 0 Å². The number of β-amino-alcohol motifs (C(OH)–C–C–N with tert-alkyl or cyclic N) is 1. The van der Waals surface area contributed by atoms with E-state index in [9.17, 15) is 10.2 Å². The van der Waals surface area contributed by atoms with Gasteiger partial charge in [-0.2, -0.15) is 0 Å². The van der Waals surface area contributed by atoms with Crippen LogP contribution in [-0.2, 0) is 0 Å². The molecule has 5 heteroatoms. The van der Waals surface area contributed by atoms with Crippen molar-refractivity contribution in [2.24, 2.45) is 0 Å². The molecule has 3 rings (SSSR count). The Morgan fingerprint density at radius 1 is 1.29 bits per heavy atom. The summed E-state index contributed by atoms with van der Waals surface area (Å²) in [7, 11) is 0. The van der Waals surface area contributed by atoms with Crippen molar-refractivity contribution in [3.8, 4) is 5.75 Å². The van der Waals surface area contributed by atoms with Gasteiger partial charge >= 0.3 is 0 Å². The van der Waals surface area contributed by atoms with E-state index in [2.05, 4.69) is 9.88 Å². The van der Waals surface area contributed by atoms with Crippen LogP contribution in [0.15, 0.2) is 30.5 Å². The molecule has 5 nitrogen and oxygen atoms in total. The number of aromatic nitrogens is 1. The lowest BCUT2D eigenvalue weighted by Gasteiger charge is -2.39. The van der Waals surface area contributed by atoms with E-state index in [1.54, 1.807) is 0 Å². The molecule has 3 N–H and O–H groups in total. The van der Waals surface area contributed by atoms with Crippen LogP contribution in [0.3, 0.4) is 0 Å². The molecule has 0 amide bonds. The van der Waals surface area contributed by atoms with Crippen molar-refractivity contribution in [1.82, 2.24) is 9.88 Å². The maximum absolute atomic E-state index is 10.4. The van der Waals surface area contributed by atoms with Gasteiger partial charge in [0.2, 0.25) is 0 Å². The lowest BCUT2D eigenvalue weighted by atomic mass is 9.95. The van der Waals surface area contributed by atoms with Crippen molar-refractivity contribution in [2.45, 2.75) is 50.9 Å². The number of likely N-dealkylation sites (tertiary alicyclic amines) is 1. The van der Waals surface area contributed by atoms with Crippen molar-refractivity contribution in [3.63, 3.8) is 0 Å². The number of aromatic amines is 1. The number of ether oxygens (including phenoxy) is 1. The number of nitrogens with zero attached hydrogens (tertiary/aromatic N) is 1. The molecule has 1 fully saturated rings. The number of fused-ring (bicyclic) bond motifs is 1. The molecule has 1 aromatic carbocycles. The highest BCUT2D eigenvalue weighted by Gasteiger charge is 2.29. The maximum Gasteiger partial charge on any atom is 0.128 e. The molecule has 3 atom stereocenters. The van der Waals surface area contributed by atoms with Gasteiger partial charge in [0, 0.05) is 29.7 Å². The molecule has 0 aliphatic carbocycles. The van der Waals surface area contributed by atoms with Crippen LogP contribution in [0.5, 0.6) is 5.75 Å². The summed E-state index contributed by atoms with van der Waals surface area (Å²) < 4.78 is 5.84. The van der Waals surface area contributed by atoms with E-state index in [4.69, 9.17) is 4.74 Å². The number of piperidine rings is 1. The van der Waals surface area contributed by atoms with Gasteiger partial charge in [-0.15, -0.1) is 0 Å². The average molecular weight is 332 g/mol. The van der Waals surface area contributed by atoms with E-state index < -0.39 is 6.10 Å². The smallest absolute Gasteiger partial charge is 0.128 e. The van der Waals surface area contributed by atoms with E-state index in [0.29, 0.717) is 6.54 Å².